The predicted octanol–water partition coefficient (Wildman–Crippen LogP) is 5.83. The van der Waals surface area contributed by atoms with Gasteiger partial charge in [-0.2, -0.15) is 0 Å². The van der Waals surface area contributed by atoms with Crippen molar-refractivity contribution in [3.63, 3.8) is 0 Å². The van der Waals surface area contributed by atoms with Gasteiger partial charge in [0.15, 0.2) is 5.17 Å². The Labute approximate surface area is 165 Å². The summed E-state index contributed by atoms with van der Waals surface area (Å²) in [5.41, 5.74) is 2.19. The van der Waals surface area contributed by atoms with Crippen molar-refractivity contribution in [2.45, 2.75) is 70.3 Å². The highest BCUT2D eigenvalue weighted by atomic mass is 32.2. The molecule has 0 atom stereocenters. The van der Waals surface area contributed by atoms with Gasteiger partial charge in [-0.1, -0.05) is 43.9 Å². The third-order valence-electron chi connectivity index (χ3n) is 6.58. The summed E-state index contributed by atoms with van der Waals surface area (Å²) in [5.74, 6) is 1.93. The van der Waals surface area contributed by atoms with Crippen LogP contribution in [-0.4, -0.2) is 32.8 Å². The molecule has 1 aromatic rings. The quantitative estimate of drug-likeness (QED) is 0.481. The van der Waals surface area contributed by atoms with Crippen LogP contribution in [0, 0.1) is 23.0 Å². The van der Waals surface area contributed by atoms with Crippen molar-refractivity contribution in [2.24, 2.45) is 10.9 Å². The van der Waals surface area contributed by atoms with Gasteiger partial charge >= 0.3 is 0 Å². The van der Waals surface area contributed by atoms with Crippen LogP contribution in [0.25, 0.3) is 0 Å². The largest absolute Gasteiger partial charge is 0.344 e. The molecule has 1 spiro atoms. The molecule has 0 bridgehead atoms. The van der Waals surface area contributed by atoms with Gasteiger partial charge < -0.3 is 4.90 Å². The number of nitrogens with zero attached hydrogens (tertiary/aromatic N) is 3. The average molecular weight is 388 g/mol. The van der Waals surface area contributed by atoms with Crippen LogP contribution < -0.4 is 0 Å². The van der Waals surface area contributed by atoms with Crippen LogP contribution in [0.2, 0.25) is 0 Å². The highest BCUT2D eigenvalue weighted by Crippen LogP contribution is 2.46. The van der Waals surface area contributed by atoms with Gasteiger partial charge in [0, 0.05) is 24.4 Å². The molecule has 0 aromatic heterocycles. The number of hydrogen-bond acceptors (Lipinski definition) is 4. The van der Waals surface area contributed by atoms with Crippen molar-refractivity contribution in [3.8, 4) is 0 Å². The molecule has 2 aliphatic carbocycles. The predicted molar refractivity (Wildman–Crippen MR) is 112 cm³/mol. The number of non-ortho nitro benzene ring substituents is 1. The van der Waals surface area contributed by atoms with E-state index >= 15 is 0 Å². The maximum absolute atomic E-state index is 11.0. The number of aryl methyl sites for hydroxylation is 1. The third kappa shape index (κ3) is 3.86. The first-order valence-corrected chi connectivity index (χ1v) is 11.3. The summed E-state index contributed by atoms with van der Waals surface area (Å²) < 4.78 is 0. The summed E-state index contributed by atoms with van der Waals surface area (Å²) in [5, 5.41) is 12.1. The van der Waals surface area contributed by atoms with Crippen molar-refractivity contribution in [1.29, 1.82) is 0 Å². The Balaban J connectivity index is 1.61. The van der Waals surface area contributed by atoms with Gasteiger partial charge in [-0.15, -0.1) is 0 Å². The monoisotopic (exact) mass is 387 g/mol. The summed E-state index contributed by atoms with van der Waals surface area (Å²) in [6.45, 7) is 3.06. The summed E-state index contributed by atoms with van der Waals surface area (Å²) in [6, 6.07) is 5.01. The van der Waals surface area contributed by atoms with E-state index in [1.165, 1.54) is 57.8 Å². The van der Waals surface area contributed by atoms with E-state index < -0.39 is 0 Å². The van der Waals surface area contributed by atoms with Crippen molar-refractivity contribution >= 4 is 28.3 Å². The molecule has 1 aromatic carbocycles. The van der Waals surface area contributed by atoms with Crippen molar-refractivity contribution < 1.29 is 4.92 Å². The zero-order chi connectivity index (χ0) is 18.9. The Kier molecular flexibility index (Phi) is 5.44. The molecular formula is C21H29N3O2S. The van der Waals surface area contributed by atoms with Crippen molar-refractivity contribution in [1.82, 2.24) is 4.90 Å². The lowest BCUT2D eigenvalue weighted by molar-refractivity contribution is -0.384. The topological polar surface area (TPSA) is 58.7 Å². The van der Waals surface area contributed by atoms with E-state index in [1.807, 2.05) is 18.7 Å². The van der Waals surface area contributed by atoms with E-state index in [2.05, 4.69) is 4.90 Å². The lowest BCUT2D eigenvalue weighted by atomic mass is 9.87. The van der Waals surface area contributed by atoms with Gasteiger partial charge in [-0.05, 0) is 50.2 Å². The van der Waals surface area contributed by atoms with Crippen LogP contribution in [0.3, 0.4) is 0 Å². The smallest absolute Gasteiger partial charge is 0.269 e. The van der Waals surface area contributed by atoms with E-state index in [1.54, 1.807) is 18.2 Å². The van der Waals surface area contributed by atoms with E-state index in [9.17, 15) is 10.1 Å². The number of thioether (sulfide) groups is 1. The number of hydrogen-bond donors (Lipinski definition) is 0. The van der Waals surface area contributed by atoms with Gasteiger partial charge in [0.05, 0.1) is 16.1 Å². The highest BCUT2D eigenvalue weighted by molar-refractivity contribution is 8.14. The van der Waals surface area contributed by atoms with Crippen molar-refractivity contribution in [3.05, 3.63) is 33.9 Å². The van der Waals surface area contributed by atoms with E-state index in [4.69, 9.17) is 4.99 Å². The average Bonchev–Trinajstić information content (AvgIpc) is 3.27. The lowest BCUT2D eigenvalue weighted by Gasteiger charge is -2.39. The second-order valence-electron chi connectivity index (χ2n) is 8.46. The molecule has 146 valence electrons. The van der Waals surface area contributed by atoms with Gasteiger partial charge in [0.25, 0.3) is 5.69 Å². The van der Waals surface area contributed by atoms with E-state index in [-0.39, 0.29) is 10.6 Å². The fraction of sp³-hybridized carbons (Fsp3) is 0.667. The number of nitro benzene ring substituents is 1. The molecule has 5 nitrogen and oxygen atoms in total. The Bertz CT molecular complexity index is 737. The van der Waals surface area contributed by atoms with Crippen molar-refractivity contribution in [2.75, 3.05) is 12.3 Å². The van der Waals surface area contributed by atoms with Crippen LogP contribution in [0.1, 0.15) is 63.4 Å². The zero-order valence-electron chi connectivity index (χ0n) is 16.2. The lowest BCUT2D eigenvalue weighted by Crippen LogP contribution is -2.47. The first kappa shape index (κ1) is 18.8. The molecular weight excluding hydrogens is 358 g/mol. The van der Waals surface area contributed by atoms with Gasteiger partial charge in [0.1, 0.15) is 0 Å². The molecule has 3 fully saturated rings. The van der Waals surface area contributed by atoms with Gasteiger partial charge in [-0.3, -0.25) is 10.1 Å². The minimum atomic E-state index is -0.336. The molecule has 4 rings (SSSR count). The van der Waals surface area contributed by atoms with Gasteiger partial charge in [-0.25, -0.2) is 4.99 Å². The minimum absolute atomic E-state index is 0.141. The molecule has 1 heterocycles. The van der Waals surface area contributed by atoms with E-state index in [0.717, 1.165) is 34.6 Å². The standard InChI is InChI=1S/C21H29N3O2S/c1-16-13-18(24(25)26)9-10-19(16)22-20-23(14-17-7-3-2-4-8-17)21(15-27-20)11-5-6-12-21/h9-10,13,17H,2-8,11-12,14-15H2,1H3/b22-20+. The Morgan fingerprint density at radius 2 is 1.96 bits per heavy atom. The van der Waals surface area contributed by atoms with Crippen LogP contribution in [0.5, 0.6) is 0 Å². The summed E-state index contributed by atoms with van der Waals surface area (Å²) >= 11 is 1.89. The van der Waals surface area contributed by atoms with Crippen LogP contribution in [0.15, 0.2) is 23.2 Å². The summed E-state index contributed by atoms with van der Waals surface area (Å²) in [7, 11) is 0. The second-order valence-corrected chi connectivity index (χ2v) is 9.40. The number of benzene rings is 1. The van der Waals surface area contributed by atoms with Gasteiger partial charge in [0.2, 0.25) is 0 Å². The second kappa shape index (κ2) is 7.82. The maximum Gasteiger partial charge on any atom is 0.269 e. The SMILES string of the molecule is Cc1cc([N+](=O)[O-])ccc1/N=C1/SCC2(CCCC2)N1CC1CCCCC1. The Morgan fingerprint density at radius 3 is 2.63 bits per heavy atom. The molecule has 0 N–H and O–H groups in total. The molecule has 3 aliphatic rings. The highest BCUT2D eigenvalue weighted by Gasteiger charge is 2.47. The zero-order valence-corrected chi connectivity index (χ0v) is 17.0. The number of nitro groups is 1. The molecule has 27 heavy (non-hydrogen) atoms. The molecule has 0 radical (unpaired) electrons. The summed E-state index contributed by atoms with van der Waals surface area (Å²) in [6.07, 6.45) is 12.0. The minimum Gasteiger partial charge on any atom is -0.344 e. The molecule has 1 saturated heterocycles. The van der Waals surface area contributed by atoms with Crippen LogP contribution in [0.4, 0.5) is 11.4 Å². The van der Waals surface area contributed by atoms with E-state index in [0.29, 0.717) is 5.54 Å². The molecule has 1 aliphatic heterocycles. The normalized spacial score (nSPS) is 24.2. The Hall–Kier alpha value is -1.56. The first-order valence-electron chi connectivity index (χ1n) is 10.3. The third-order valence-corrected chi connectivity index (χ3v) is 7.83. The molecule has 0 amide bonds. The molecule has 2 saturated carbocycles. The maximum atomic E-state index is 11.0. The fourth-order valence-electron chi connectivity index (χ4n) is 4.98. The number of rotatable bonds is 4. The molecule has 0 unspecified atom stereocenters. The fourth-order valence-corrected chi connectivity index (χ4v) is 6.41. The van der Waals surface area contributed by atoms with Crippen LogP contribution in [-0.2, 0) is 0 Å². The number of aliphatic imine (C=N–C) groups is 1. The summed E-state index contributed by atoms with van der Waals surface area (Å²) in [4.78, 5) is 18.3. The molecule has 6 heteroatoms. The van der Waals surface area contributed by atoms with Crippen LogP contribution >= 0.6 is 11.8 Å². The first-order chi connectivity index (χ1) is 13.1. The number of amidine groups is 1. The Morgan fingerprint density at radius 1 is 1.22 bits per heavy atom.